The first-order chi connectivity index (χ1) is 7.18. The maximum atomic E-state index is 10.0. The van der Waals surface area contributed by atoms with Crippen LogP contribution < -0.4 is 0 Å². The minimum Gasteiger partial charge on any atom is -0.472 e. The summed E-state index contributed by atoms with van der Waals surface area (Å²) in [5.41, 5.74) is 1.35. The molecule has 0 saturated heterocycles. The molecule has 0 saturated carbocycles. The Kier molecular flexibility index (Phi) is 3.14. The van der Waals surface area contributed by atoms with Crippen LogP contribution in [0.25, 0.3) is 0 Å². The summed E-state index contributed by atoms with van der Waals surface area (Å²) >= 11 is 9.33. The Morgan fingerprint density at radius 1 is 1.33 bits per heavy atom. The Hall–Kier alpha value is -0.770. The molecule has 1 N–H and O–H groups in total. The van der Waals surface area contributed by atoms with Crippen LogP contribution in [0.4, 0.5) is 0 Å². The van der Waals surface area contributed by atoms with Crippen LogP contribution in [0.3, 0.4) is 0 Å². The summed E-state index contributed by atoms with van der Waals surface area (Å²) in [6.45, 7) is 0. The molecule has 0 aliphatic heterocycles. The van der Waals surface area contributed by atoms with Crippen LogP contribution in [0.15, 0.2) is 45.7 Å². The lowest BCUT2D eigenvalue weighted by Gasteiger charge is -2.10. The molecule has 0 aliphatic rings. The molecule has 1 heterocycles. The normalized spacial score (nSPS) is 12.7. The molecule has 1 aromatic heterocycles. The predicted molar refractivity (Wildman–Crippen MR) is 61.9 cm³/mol. The smallest absolute Gasteiger partial charge is 0.109 e. The number of hydrogen-bond acceptors (Lipinski definition) is 2. The van der Waals surface area contributed by atoms with Crippen molar-refractivity contribution in [3.8, 4) is 0 Å². The number of rotatable bonds is 2. The molecule has 15 heavy (non-hydrogen) atoms. The van der Waals surface area contributed by atoms with Gasteiger partial charge in [0.15, 0.2) is 0 Å². The van der Waals surface area contributed by atoms with Crippen LogP contribution >= 0.6 is 27.5 Å². The highest BCUT2D eigenvalue weighted by Crippen LogP contribution is 2.30. The van der Waals surface area contributed by atoms with E-state index in [9.17, 15) is 5.11 Å². The van der Waals surface area contributed by atoms with Gasteiger partial charge in [0.1, 0.15) is 6.10 Å². The summed E-state index contributed by atoms with van der Waals surface area (Å²) in [5, 5.41) is 10.6. The first kappa shape index (κ1) is 10.7. The second-order valence-electron chi connectivity index (χ2n) is 3.13. The van der Waals surface area contributed by atoms with Gasteiger partial charge in [0.25, 0.3) is 0 Å². The molecule has 0 radical (unpaired) electrons. The largest absolute Gasteiger partial charge is 0.472 e. The SMILES string of the molecule is OC(c1ccoc1)c1cc(Br)ccc1Cl. The van der Waals surface area contributed by atoms with Gasteiger partial charge in [-0.2, -0.15) is 0 Å². The fourth-order valence-electron chi connectivity index (χ4n) is 1.33. The molecule has 2 aromatic rings. The number of aliphatic hydroxyl groups is 1. The summed E-state index contributed by atoms with van der Waals surface area (Å²) in [5.74, 6) is 0. The topological polar surface area (TPSA) is 33.4 Å². The van der Waals surface area contributed by atoms with E-state index in [0.717, 1.165) is 4.47 Å². The molecular weight excluding hydrogens is 279 g/mol. The number of hydrogen-bond donors (Lipinski definition) is 1. The molecule has 1 unspecified atom stereocenters. The van der Waals surface area contributed by atoms with Crippen molar-refractivity contribution in [2.75, 3.05) is 0 Å². The van der Waals surface area contributed by atoms with Crippen molar-refractivity contribution in [1.29, 1.82) is 0 Å². The zero-order chi connectivity index (χ0) is 10.8. The van der Waals surface area contributed by atoms with Crippen LogP contribution in [0.2, 0.25) is 5.02 Å². The average Bonchev–Trinajstić information content (AvgIpc) is 2.74. The molecule has 0 amide bonds. The second-order valence-corrected chi connectivity index (χ2v) is 4.45. The summed E-state index contributed by atoms with van der Waals surface area (Å²) < 4.78 is 5.79. The Labute approximate surface area is 101 Å². The van der Waals surface area contributed by atoms with E-state index in [1.54, 1.807) is 18.2 Å². The Morgan fingerprint density at radius 3 is 2.80 bits per heavy atom. The van der Waals surface area contributed by atoms with Crippen molar-refractivity contribution < 1.29 is 9.52 Å². The Bertz CT molecular complexity index is 454. The van der Waals surface area contributed by atoms with E-state index in [1.165, 1.54) is 12.5 Å². The van der Waals surface area contributed by atoms with Crippen molar-refractivity contribution in [1.82, 2.24) is 0 Å². The number of halogens is 2. The van der Waals surface area contributed by atoms with E-state index in [2.05, 4.69) is 15.9 Å². The molecule has 4 heteroatoms. The van der Waals surface area contributed by atoms with Crippen molar-refractivity contribution in [2.24, 2.45) is 0 Å². The summed E-state index contributed by atoms with van der Waals surface area (Å²) in [7, 11) is 0. The van der Waals surface area contributed by atoms with Gasteiger partial charge >= 0.3 is 0 Å². The third-order valence-corrected chi connectivity index (χ3v) is 2.95. The van der Waals surface area contributed by atoms with Crippen molar-refractivity contribution in [3.05, 3.63) is 57.4 Å². The van der Waals surface area contributed by atoms with Crippen molar-refractivity contribution in [2.45, 2.75) is 6.10 Å². The predicted octanol–water partition coefficient (Wildman–Crippen LogP) is 3.78. The van der Waals surface area contributed by atoms with E-state index < -0.39 is 6.10 Å². The number of furan rings is 1. The lowest BCUT2D eigenvalue weighted by atomic mass is 10.0. The highest BCUT2D eigenvalue weighted by molar-refractivity contribution is 9.10. The van der Waals surface area contributed by atoms with Crippen molar-refractivity contribution in [3.63, 3.8) is 0 Å². The van der Waals surface area contributed by atoms with E-state index in [4.69, 9.17) is 16.0 Å². The third kappa shape index (κ3) is 2.25. The van der Waals surface area contributed by atoms with Crippen molar-refractivity contribution >= 4 is 27.5 Å². The highest BCUT2D eigenvalue weighted by atomic mass is 79.9. The Balaban J connectivity index is 2.41. The quantitative estimate of drug-likeness (QED) is 0.912. The molecule has 0 aliphatic carbocycles. The van der Waals surface area contributed by atoms with Gasteiger partial charge in [0.05, 0.1) is 12.5 Å². The zero-order valence-electron chi connectivity index (χ0n) is 7.65. The van der Waals surface area contributed by atoms with Crippen LogP contribution in [-0.2, 0) is 0 Å². The molecule has 0 spiro atoms. The number of aliphatic hydroxyl groups excluding tert-OH is 1. The van der Waals surface area contributed by atoms with Crippen LogP contribution in [0.5, 0.6) is 0 Å². The van der Waals surface area contributed by atoms with E-state index in [1.807, 2.05) is 6.07 Å². The summed E-state index contributed by atoms with van der Waals surface area (Å²) in [6, 6.07) is 7.07. The lowest BCUT2D eigenvalue weighted by molar-refractivity contribution is 0.219. The molecular formula is C11H8BrClO2. The monoisotopic (exact) mass is 286 g/mol. The van der Waals surface area contributed by atoms with Crippen LogP contribution in [-0.4, -0.2) is 5.11 Å². The first-order valence-electron chi connectivity index (χ1n) is 4.33. The molecule has 1 atom stereocenters. The summed E-state index contributed by atoms with van der Waals surface area (Å²) in [6.07, 6.45) is 2.26. The lowest BCUT2D eigenvalue weighted by Crippen LogP contribution is -1.98. The van der Waals surface area contributed by atoms with Gasteiger partial charge in [-0.15, -0.1) is 0 Å². The average molecular weight is 288 g/mol. The summed E-state index contributed by atoms with van der Waals surface area (Å²) in [4.78, 5) is 0. The molecule has 0 fully saturated rings. The zero-order valence-corrected chi connectivity index (χ0v) is 9.99. The fourth-order valence-corrected chi connectivity index (χ4v) is 1.93. The van der Waals surface area contributed by atoms with Gasteiger partial charge in [-0.05, 0) is 24.3 Å². The molecule has 78 valence electrons. The van der Waals surface area contributed by atoms with Gasteiger partial charge < -0.3 is 9.52 Å². The minimum atomic E-state index is -0.756. The molecule has 2 rings (SSSR count). The van der Waals surface area contributed by atoms with Gasteiger partial charge in [-0.1, -0.05) is 27.5 Å². The van der Waals surface area contributed by atoms with E-state index >= 15 is 0 Å². The second kappa shape index (κ2) is 4.39. The number of benzene rings is 1. The van der Waals surface area contributed by atoms with Gasteiger partial charge in [-0.25, -0.2) is 0 Å². The van der Waals surface area contributed by atoms with Crippen LogP contribution in [0, 0.1) is 0 Å². The maximum absolute atomic E-state index is 10.0. The van der Waals surface area contributed by atoms with Crippen LogP contribution in [0.1, 0.15) is 17.2 Å². The van der Waals surface area contributed by atoms with E-state index in [-0.39, 0.29) is 0 Å². The van der Waals surface area contributed by atoms with Gasteiger partial charge in [0.2, 0.25) is 0 Å². The third-order valence-electron chi connectivity index (χ3n) is 2.11. The molecule has 1 aromatic carbocycles. The van der Waals surface area contributed by atoms with Gasteiger partial charge in [0, 0.05) is 20.6 Å². The Morgan fingerprint density at radius 2 is 2.13 bits per heavy atom. The molecule has 0 bridgehead atoms. The molecule has 2 nitrogen and oxygen atoms in total. The minimum absolute atomic E-state index is 0.534. The standard InChI is InChI=1S/C11H8BrClO2/c12-8-1-2-10(13)9(5-8)11(14)7-3-4-15-6-7/h1-6,11,14H. The van der Waals surface area contributed by atoms with E-state index in [0.29, 0.717) is 16.1 Å². The first-order valence-corrected chi connectivity index (χ1v) is 5.50. The van der Waals surface area contributed by atoms with Gasteiger partial charge in [-0.3, -0.25) is 0 Å². The maximum Gasteiger partial charge on any atom is 0.109 e. The highest BCUT2D eigenvalue weighted by Gasteiger charge is 2.15. The fraction of sp³-hybridized carbons (Fsp3) is 0.0909.